The van der Waals surface area contributed by atoms with Crippen molar-refractivity contribution >= 4 is 23.3 Å². The second-order valence-corrected chi connectivity index (χ2v) is 7.05. The third-order valence-corrected chi connectivity index (χ3v) is 5.17. The summed E-state index contributed by atoms with van der Waals surface area (Å²) in [7, 11) is 0. The predicted octanol–water partition coefficient (Wildman–Crippen LogP) is 4.21. The lowest BCUT2D eigenvalue weighted by Crippen LogP contribution is -2.40. The molecule has 2 aromatic heterocycles. The van der Waals surface area contributed by atoms with Gasteiger partial charge in [0, 0.05) is 12.2 Å². The number of para-hydroxylation sites is 1. The standard InChI is InChI=1S/C20H20ClN5O/c1-14-23-19(24-26(14)17-11-5-4-10-16(17)21)20(27)25(15-8-2-3-9-15)18-12-6-7-13-22-18/h4-7,10-13,15H,2-3,8-9H2,1H3. The molecule has 0 spiro atoms. The molecule has 4 rings (SSSR count). The number of aromatic nitrogens is 4. The number of carbonyl (C=O) groups is 1. The fourth-order valence-corrected chi connectivity index (χ4v) is 3.77. The number of anilines is 1. The Morgan fingerprint density at radius 1 is 1.15 bits per heavy atom. The molecule has 0 aliphatic heterocycles. The van der Waals surface area contributed by atoms with Crippen LogP contribution in [0.2, 0.25) is 5.02 Å². The molecule has 0 N–H and O–H groups in total. The first-order valence-electron chi connectivity index (χ1n) is 9.08. The number of hydrogen-bond donors (Lipinski definition) is 0. The van der Waals surface area contributed by atoms with Gasteiger partial charge in [0.1, 0.15) is 11.6 Å². The Labute approximate surface area is 162 Å². The van der Waals surface area contributed by atoms with E-state index < -0.39 is 0 Å². The van der Waals surface area contributed by atoms with E-state index in [1.54, 1.807) is 21.8 Å². The molecular weight excluding hydrogens is 362 g/mol. The molecule has 3 aromatic rings. The summed E-state index contributed by atoms with van der Waals surface area (Å²) >= 11 is 6.29. The Balaban J connectivity index is 1.72. The molecule has 1 aromatic carbocycles. The van der Waals surface area contributed by atoms with Crippen molar-refractivity contribution in [2.45, 2.75) is 38.6 Å². The number of halogens is 1. The molecule has 138 valence electrons. The lowest BCUT2D eigenvalue weighted by atomic mass is 10.2. The van der Waals surface area contributed by atoms with E-state index in [0.29, 0.717) is 22.4 Å². The van der Waals surface area contributed by atoms with Crippen molar-refractivity contribution in [2.24, 2.45) is 0 Å². The van der Waals surface area contributed by atoms with Crippen LogP contribution in [0.25, 0.3) is 5.69 Å². The van der Waals surface area contributed by atoms with Crippen LogP contribution >= 0.6 is 11.6 Å². The Hall–Kier alpha value is -2.73. The van der Waals surface area contributed by atoms with E-state index in [1.165, 1.54) is 0 Å². The van der Waals surface area contributed by atoms with Crippen molar-refractivity contribution < 1.29 is 4.79 Å². The Kier molecular flexibility index (Phi) is 4.90. The first kappa shape index (κ1) is 17.7. The van der Waals surface area contributed by atoms with Gasteiger partial charge in [0.15, 0.2) is 0 Å². The zero-order valence-corrected chi connectivity index (χ0v) is 15.8. The Bertz CT molecular complexity index is 950. The van der Waals surface area contributed by atoms with Crippen molar-refractivity contribution in [3.63, 3.8) is 0 Å². The van der Waals surface area contributed by atoms with Gasteiger partial charge in [-0.2, -0.15) is 0 Å². The molecule has 0 bridgehead atoms. The van der Waals surface area contributed by atoms with Crippen molar-refractivity contribution in [2.75, 3.05) is 4.90 Å². The molecule has 27 heavy (non-hydrogen) atoms. The zero-order valence-electron chi connectivity index (χ0n) is 15.0. The quantitative estimate of drug-likeness (QED) is 0.679. The summed E-state index contributed by atoms with van der Waals surface area (Å²) in [5, 5.41) is 5.02. The maximum Gasteiger partial charge on any atom is 0.299 e. The highest BCUT2D eigenvalue weighted by Crippen LogP contribution is 2.28. The Morgan fingerprint density at radius 2 is 1.89 bits per heavy atom. The summed E-state index contributed by atoms with van der Waals surface area (Å²) in [5.74, 6) is 1.18. The van der Waals surface area contributed by atoms with E-state index in [0.717, 1.165) is 25.7 Å². The number of hydrogen-bond acceptors (Lipinski definition) is 4. The van der Waals surface area contributed by atoms with Crippen LogP contribution in [-0.4, -0.2) is 31.7 Å². The largest absolute Gasteiger partial charge is 0.299 e. The molecule has 1 amide bonds. The van der Waals surface area contributed by atoms with Crippen molar-refractivity contribution in [3.8, 4) is 5.69 Å². The summed E-state index contributed by atoms with van der Waals surface area (Å²) in [5.41, 5.74) is 0.702. The second-order valence-electron chi connectivity index (χ2n) is 6.65. The lowest BCUT2D eigenvalue weighted by Gasteiger charge is -2.26. The smallest absolute Gasteiger partial charge is 0.287 e. The minimum Gasteiger partial charge on any atom is -0.287 e. The van der Waals surface area contributed by atoms with Crippen LogP contribution in [-0.2, 0) is 0 Å². The first-order chi connectivity index (χ1) is 13.1. The van der Waals surface area contributed by atoms with Crippen LogP contribution in [0.4, 0.5) is 5.82 Å². The normalized spacial score (nSPS) is 14.4. The fraction of sp³-hybridized carbons (Fsp3) is 0.300. The number of carbonyl (C=O) groups excluding carboxylic acids is 1. The van der Waals surface area contributed by atoms with Gasteiger partial charge in [-0.3, -0.25) is 9.69 Å². The molecule has 1 aliphatic rings. The van der Waals surface area contributed by atoms with E-state index in [1.807, 2.05) is 43.3 Å². The van der Waals surface area contributed by atoms with Gasteiger partial charge in [-0.05, 0) is 44.0 Å². The number of nitrogens with zero attached hydrogens (tertiary/aromatic N) is 5. The van der Waals surface area contributed by atoms with E-state index >= 15 is 0 Å². The molecule has 1 saturated carbocycles. The third-order valence-electron chi connectivity index (χ3n) is 4.85. The number of benzene rings is 1. The number of pyridine rings is 1. The Morgan fingerprint density at radius 3 is 2.59 bits per heavy atom. The van der Waals surface area contributed by atoms with Crippen molar-refractivity contribution in [3.05, 3.63) is 65.3 Å². The van der Waals surface area contributed by atoms with E-state index in [-0.39, 0.29) is 17.8 Å². The fourth-order valence-electron chi connectivity index (χ4n) is 3.56. The summed E-state index contributed by atoms with van der Waals surface area (Å²) in [6, 6.07) is 13.1. The van der Waals surface area contributed by atoms with Gasteiger partial charge >= 0.3 is 0 Å². The molecule has 0 saturated heterocycles. The van der Waals surface area contributed by atoms with E-state index in [2.05, 4.69) is 15.1 Å². The van der Waals surface area contributed by atoms with Crippen LogP contribution in [0.3, 0.4) is 0 Å². The second kappa shape index (κ2) is 7.48. The van der Waals surface area contributed by atoms with Crippen LogP contribution in [0, 0.1) is 6.92 Å². The monoisotopic (exact) mass is 381 g/mol. The van der Waals surface area contributed by atoms with Gasteiger partial charge in [-0.15, -0.1) is 5.10 Å². The van der Waals surface area contributed by atoms with Crippen LogP contribution < -0.4 is 4.90 Å². The molecule has 7 heteroatoms. The van der Waals surface area contributed by atoms with Crippen LogP contribution in [0.15, 0.2) is 48.7 Å². The number of aryl methyl sites for hydroxylation is 1. The lowest BCUT2D eigenvalue weighted by molar-refractivity contribution is 0.0966. The third kappa shape index (κ3) is 3.45. The highest BCUT2D eigenvalue weighted by molar-refractivity contribution is 6.32. The van der Waals surface area contributed by atoms with Crippen LogP contribution in [0.1, 0.15) is 42.1 Å². The zero-order chi connectivity index (χ0) is 18.8. The molecular formula is C20H20ClN5O. The summed E-state index contributed by atoms with van der Waals surface area (Å²) in [6.45, 7) is 1.81. The number of amides is 1. The van der Waals surface area contributed by atoms with Gasteiger partial charge in [0.2, 0.25) is 5.82 Å². The SMILES string of the molecule is Cc1nc(C(=O)N(c2ccccn2)C2CCCC2)nn1-c1ccccc1Cl. The maximum absolute atomic E-state index is 13.3. The summed E-state index contributed by atoms with van der Waals surface area (Å²) in [4.78, 5) is 23.9. The van der Waals surface area contributed by atoms with Crippen molar-refractivity contribution in [1.29, 1.82) is 0 Å². The topological polar surface area (TPSA) is 63.9 Å². The van der Waals surface area contributed by atoms with Gasteiger partial charge in [-0.25, -0.2) is 14.6 Å². The molecule has 1 aliphatic carbocycles. The molecule has 6 nitrogen and oxygen atoms in total. The first-order valence-corrected chi connectivity index (χ1v) is 9.46. The molecule has 0 radical (unpaired) electrons. The molecule has 2 heterocycles. The minimum atomic E-state index is -0.227. The van der Waals surface area contributed by atoms with Crippen LogP contribution in [0.5, 0.6) is 0 Å². The average Bonchev–Trinajstić information content (AvgIpc) is 3.33. The summed E-state index contributed by atoms with van der Waals surface area (Å²) < 4.78 is 1.61. The maximum atomic E-state index is 13.3. The van der Waals surface area contributed by atoms with Gasteiger partial charge in [0.25, 0.3) is 5.91 Å². The number of rotatable bonds is 4. The highest BCUT2D eigenvalue weighted by atomic mass is 35.5. The van der Waals surface area contributed by atoms with Crippen molar-refractivity contribution in [1.82, 2.24) is 19.7 Å². The molecule has 0 atom stereocenters. The van der Waals surface area contributed by atoms with Gasteiger partial charge in [0.05, 0.1) is 10.7 Å². The average molecular weight is 382 g/mol. The summed E-state index contributed by atoms with van der Waals surface area (Å²) in [6.07, 6.45) is 5.86. The van der Waals surface area contributed by atoms with E-state index in [4.69, 9.17) is 11.6 Å². The van der Waals surface area contributed by atoms with E-state index in [9.17, 15) is 4.79 Å². The van der Waals surface area contributed by atoms with Gasteiger partial charge in [-0.1, -0.05) is 42.6 Å². The highest BCUT2D eigenvalue weighted by Gasteiger charge is 2.32. The molecule has 1 fully saturated rings. The predicted molar refractivity (Wildman–Crippen MR) is 104 cm³/mol. The molecule has 0 unspecified atom stereocenters. The minimum absolute atomic E-state index is 0.125. The van der Waals surface area contributed by atoms with Gasteiger partial charge < -0.3 is 0 Å².